The molecule has 0 aliphatic heterocycles. The second-order valence-electron chi connectivity index (χ2n) is 4.37. The molecule has 1 aliphatic rings. The van der Waals surface area contributed by atoms with E-state index in [1.165, 1.54) is 12.8 Å². The molecule has 0 bridgehead atoms. The zero-order valence-corrected chi connectivity index (χ0v) is 11.9. The molecule has 0 amide bonds. The smallest absolute Gasteiger partial charge is 0 e. The fourth-order valence-electron chi connectivity index (χ4n) is 2.27. The van der Waals surface area contributed by atoms with Gasteiger partial charge in [-0.05, 0) is 11.1 Å². The van der Waals surface area contributed by atoms with Crippen molar-refractivity contribution in [3.63, 3.8) is 0 Å². The molecular formula is C13H17Y-. The van der Waals surface area contributed by atoms with E-state index in [0.717, 1.165) is 11.8 Å². The Morgan fingerprint density at radius 1 is 1.14 bits per heavy atom. The quantitative estimate of drug-likeness (QED) is 0.718. The summed E-state index contributed by atoms with van der Waals surface area (Å²) in [6, 6.07) is 8.83. The van der Waals surface area contributed by atoms with Crippen molar-refractivity contribution < 1.29 is 32.7 Å². The van der Waals surface area contributed by atoms with Crippen LogP contribution < -0.4 is 0 Å². The van der Waals surface area contributed by atoms with Crippen LogP contribution in [0.5, 0.6) is 0 Å². The Kier molecular flexibility index (Phi) is 4.80. The fourth-order valence-corrected chi connectivity index (χ4v) is 2.27. The van der Waals surface area contributed by atoms with Gasteiger partial charge < -0.3 is 6.42 Å². The van der Waals surface area contributed by atoms with Crippen LogP contribution in [0.25, 0.3) is 0 Å². The van der Waals surface area contributed by atoms with Gasteiger partial charge in [0.15, 0.2) is 0 Å². The van der Waals surface area contributed by atoms with Crippen LogP contribution in [0.1, 0.15) is 25.0 Å². The number of hydrogen-bond acceptors (Lipinski definition) is 0. The monoisotopic (exact) mass is 262 g/mol. The van der Waals surface area contributed by atoms with Crippen molar-refractivity contribution in [2.75, 3.05) is 0 Å². The molecule has 0 N–H and O–H groups in total. The van der Waals surface area contributed by atoms with Crippen LogP contribution in [0.3, 0.4) is 0 Å². The standard InChI is InChI=1S/C13H17.Y/c1-10(2)7-11-8-12-5-3-4-6-13(12)9-11;/h3-7,10-11H,8-9H2,1-2H3;/q-1;. The van der Waals surface area contributed by atoms with E-state index in [1.54, 1.807) is 11.1 Å². The van der Waals surface area contributed by atoms with Crippen LogP contribution >= 0.6 is 0 Å². The van der Waals surface area contributed by atoms with Gasteiger partial charge in [-0.2, -0.15) is 11.8 Å². The minimum atomic E-state index is 0. The van der Waals surface area contributed by atoms with Crippen LogP contribution in [-0.4, -0.2) is 0 Å². The molecule has 1 heteroatoms. The summed E-state index contributed by atoms with van der Waals surface area (Å²) in [5.74, 6) is 1.51. The summed E-state index contributed by atoms with van der Waals surface area (Å²) in [5, 5.41) is 0. The molecule has 0 saturated heterocycles. The minimum absolute atomic E-state index is 0. The molecule has 0 fully saturated rings. The van der Waals surface area contributed by atoms with E-state index in [4.69, 9.17) is 0 Å². The maximum Gasteiger partial charge on any atom is 0 e. The van der Waals surface area contributed by atoms with Gasteiger partial charge in [-0.15, -0.1) is 0 Å². The zero-order chi connectivity index (χ0) is 9.26. The molecule has 0 spiro atoms. The normalized spacial score (nSPS) is 15.4. The average Bonchev–Trinajstić information content (AvgIpc) is 2.44. The van der Waals surface area contributed by atoms with E-state index < -0.39 is 0 Å². The molecule has 0 saturated carbocycles. The maximum atomic E-state index is 2.49. The van der Waals surface area contributed by atoms with E-state index in [0.29, 0.717) is 0 Å². The van der Waals surface area contributed by atoms with Crippen LogP contribution in [0.15, 0.2) is 24.3 Å². The average molecular weight is 262 g/mol. The molecule has 2 rings (SSSR count). The summed E-state index contributed by atoms with van der Waals surface area (Å²) in [5.41, 5.74) is 3.12. The van der Waals surface area contributed by atoms with Gasteiger partial charge >= 0.3 is 0 Å². The Morgan fingerprint density at radius 3 is 2.07 bits per heavy atom. The summed E-state index contributed by atoms with van der Waals surface area (Å²) in [4.78, 5) is 0. The molecular weight excluding hydrogens is 245 g/mol. The first-order chi connectivity index (χ1) is 6.25. The Bertz CT molecular complexity index is 266. The second kappa shape index (κ2) is 5.42. The molecule has 1 aromatic rings. The summed E-state index contributed by atoms with van der Waals surface area (Å²) in [7, 11) is 0. The molecule has 1 aliphatic carbocycles. The van der Waals surface area contributed by atoms with Crippen molar-refractivity contribution in [1.82, 2.24) is 0 Å². The third-order valence-electron chi connectivity index (χ3n) is 2.74. The predicted molar refractivity (Wildman–Crippen MR) is 56.5 cm³/mol. The Morgan fingerprint density at radius 2 is 1.64 bits per heavy atom. The third-order valence-corrected chi connectivity index (χ3v) is 2.74. The molecule has 0 heterocycles. The van der Waals surface area contributed by atoms with Crippen LogP contribution in [0.2, 0.25) is 0 Å². The Balaban J connectivity index is 0.000000980. The Labute approximate surface area is 112 Å². The molecule has 1 aromatic carbocycles. The van der Waals surface area contributed by atoms with Gasteiger partial charge in [-0.1, -0.05) is 51.0 Å². The number of fused-ring (bicyclic) bond motifs is 1. The van der Waals surface area contributed by atoms with E-state index >= 15 is 0 Å². The van der Waals surface area contributed by atoms with Crippen LogP contribution in [0, 0.1) is 18.3 Å². The van der Waals surface area contributed by atoms with Gasteiger partial charge in [-0.25, -0.2) is 0 Å². The fraction of sp³-hybridized carbons (Fsp3) is 0.462. The van der Waals surface area contributed by atoms with Crippen LogP contribution in [-0.2, 0) is 45.6 Å². The van der Waals surface area contributed by atoms with Gasteiger partial charge in [0.2, 0.25) is 0 Å². The topological polar surface area (TPSA) is 0 Å². The molecule has 1 radical (unpaired) electrons. The first-order valence-electron chi connectivity index (χ1n) is 5.17. The van der Waals surface area contributed by atoms with Crippen molar-refractivity contribution >= 4 is 0 Å². The summed E-state index contributed by atoms with van der Waals surface area (Å²) < 4.78 is 0. The number of benzene rings is 1. The molecule has 14 heavy (non-hydrogen) atoms. The van der Waals surface area contributed by atoms with E-state index in [1.807, 2.05) is 0 Å². The predicted octanol–water partition coefficient (Wildman–Crippen LogP) is 3.26. The SMILES string of the molecule is CC(C)[CH-]C1Cc2ccccc2C1.[Y]. The van der Waals surface area contributed by atoms with Crippen molar-refractivity contribution in [3.05, 3.63) is 41.8 Å². The largest absolute Gasteiger partial charge is 0.322 e. The second-order valence-corrected chi connectivity index (χ2v) is 4.37. The zero-order valence-electron chi connectivity index (χ0n) is 9.03. The van der Waals surface area contributed by atoms with Crippen LogP contribution in [0.4, 0.5) is 0 Å². The van der Waals surface area contributed by atoms with E-state index in [-0.39, 0.29) is 32.7 Å². The molecule has 0 atom stereocenters. The van der Waals surface area contributed by atoms with Gasteiger partial charge in [0.1, 0.15) is 0 Å². The van der Waals surface area contributed by atoms with Gasteiger partial charge in [-0.3, -0.25) is 0 Å². The van der Waals surface area contributed by atoms with E-state index in [9.17, 15) is 0 Å². The van der Waals surface area contributed by atoms with Gasteiger partial charge in [0.25, 0.3) is 0 Å². The van der Waals surface area contributed by atoms with Crippen molar-refractivity contribution in [2.45, 2.75) is 26.7 Å². The van der Waals surface area contributed by atoms with Crippen molar-refractivity contribution in [1.29, 1.82) is 0 Å². The first kappa shape index (κ1) is 12.4. The van der Waals surface area contributed by atoms with Crippen molar-refractivity contribution in [2.24, 2.45) is 11.8 Å². The van der Waals surface area contributed by atoms with Gasteiger partial charge in [0.05, 0.1) is 0 Å². The van der Waals surface area contributed by atoms with E-state index in [2.05, 4.69) is 44.5 Å². The summed E-state index contributed by atoms with van der Waals surface area (Å²) in [6.45, 7) is 4.53. The molecule has 73 valence electrons. The molecule has 0 unspecified atom stereocenters. The maximum absolute atomic E-state index is 2.49. The van der Waals surface area contributed by atoms with Crippen molar-refractivity contribution in [3.8, 4) is 0 Å². The minimum Gasteiger partial charge on any atom is -0.322 e. The summed E-state index contributed by atoms with van der Waals surface area (Å²) >= 11 is 0. The first-order valence-corrected chi connectivity index (χ1v) is 5.17. The number of hydrogen-bond donors (Lipinski definition) is 0. The Hall–Kier alpha value is 0.324. The molecule has 0 nitrogen and oxygen atoms in total. The number of rotatable bonds is 2. The molecule has 0 aromatic heterocycles. The van der Waals surface area contributed by atoms with Gasteiger partial charge in [0, 0.05) is 32.7 Å². The third kappa shape index (κ3) is 2.90. The summed E-state index contributed by atoms with van der Waals surface area (Å²) in [6.07, 6.45) is 5.00.